The number of carbonyl (C=O) groups excluding carboxylic acids is 2. The fourth-order valence-electron chi connectivity index (χ4n) is 2.02. The second-order valence-electron chi connectivity index (χ2n) is 5.08. The molecule has 0 bridgehead atoms. The highest BCUT2D eigenvalue weighted by Crippen LogP contribution is 2.28. The molecule has 0 heterocycles. The number of hydrogen-bond donors (Lipinski definition) is 3. The molecule has 0 aliphatic rings. The Bertz CT molecular complexity index is 778. The van der Waals surface area contributed by atoms with Crippen LogP contribution in [0.15, 0.2) is 53.6 Å². The molecule has 8 heteroatoms. The Morgan fingerprint density at radius 1 is 1.12 bits per heavy atom. The van der Waals surface area contributed by atoms with Crippen molar-refractivity contribution < 1.29 is 19.1 Å². The van der Waals surface area contributed by atoms with E-state index in [1.165, 1.54) is 6.21 Å². The number of carbonyl (C=O) groups is 2. The van der Waals surface area contributed by atoms with Gasteiger partial charge in [0.05, 0.1) is 12.8 Å². The smallest absolute Gasteiger partial charge is 0.332 e. The van der Waals surface area contributed by atoms with Crippen molar-refractivity contribution in [1.82, 2.24) is 5.43 Å². The Hall–Kier alpha value is -3.55. The predicted molar refractivity (Wildman–Crippen MR) is 98.5 cm³/mol. The lowest BCUT2D eigenvalue weighted by molar-refractivity contribution is -0.118. The molecule has 4 N–H and O–H groups in total. The summed E-state index contributed by atoms with van der Waals surface area (Å²) in [5.74, 6) is 0.605. The normalized spacial score (nSPS) is 10.3. The summed E-state index contributed by atoms with van der Waals surface area (Å²) in [5, 5.41) is 6.42. The van der Waals surface area contributed by atoms with Gasteiger partial charge in [0.1, 0.15) is 0 Å². The van der Waals surface area contributed by atoms with Crippen LogP contribution in [0.2, 0.25) is 0 Å². The molecule has 0 aromatic heterocycles. The van der Waals surface area contributed by atoms with E-state index in [1.54, 1.807) is 30.3 Å². The Labute approximate surface area is 151 Å². The number of urea groups is 1. The average Bonchev–Trinajstić information content (AvgIpc) is 2.62. The molecule has 0 aliphatic carbocycles. The monoisotopic (exact) mass is 356 g/mol. The van der Waals surface area contributed by atoms with Gasteiger partial charge in [-0.3, -0.25) is 4.79 Å². The summed E-state index contributed by atoms with van der Waals surface area (Å²) in [6.07, 6.45) is 1.42. The van der Waals surface area contributed by atoms with E-state index in [-0.39, 0.29) is 12.5 Å². The summed E-state index contributed by atoms with van der Waals surface area (Å²) >= 11 is 0. The molecule has 0 fully saturated rings. The van der Waals surface area contributed by atoms with Gasteiger partial charge in [-0.2, -0.15) is 5.10 Å². The van der Waals surface area contributed by atoms with Crippen LogP contribution in [0.25, 0.3) is 0 Å². The minimum absolute atomic E-state index is 0.161. The summed E-state index contributed by atoms with van der Waals surface area (Å²) in [7, 11) is 0. The number of nitrogens with two attached hydrogens (primary N) is 1. The number of rotatable bonds is 8. The van der Waals surface area contributed by atoms with Gasteiger partial charge in [-0.15, -0.1) is 0 Å². The molecular formula is C18H20N4O4. The van der Waals surface area contributed by atoms with Crippen molar-refractivity contribution in [3.63, 3.8) is 0 Å². The third-order valence-corrected chi connectivity index (χ3v) is 3.07. The highest BCUT2D eigenvalue weighted by molar-refractivity contribution is 5.91. The number of ether oxygens (including phenoxy) is 2. The predicted octanol–water partition coefficient (Wildman–Crippen LogP) is 2.10. The van der Waals surface area contributed by atoms with Crippen LogP contribution < -0.4 is 25.9 Å². The van der Waals surface area contributed by atoms with Gasteiger partial charge < -0.3 is 20.5 Å². The van der Waals surface area contributed by atoms with E-state index in [4.69, 9.17) is 15.2 Å². The van der Waals surface area contributed by atoms with E-state index in [0.29, 0.717) is 29.4 Å². The van der Waals surface area contributed by atoms with E-state index in [9.17, 15) is 9.59 Å². The van der Waals surface area contributed by atoms with Crippen LogP contribution in [0, 0.1) is 0 Å². The molecule has 0 atom stereocenters. The molecule has 0 unspecified atom stereocenters. The van der Waals surface area contributed by atoms with Crippen LogP contribution in [-0.4, -0.2) is 31.4 Å². The number of anilines is 1. The van der Waals surface area contributed by atoms with Crippen LogP contribution >= 0.6 is 0 Å². The number of amides is 3. The molecule has 0 spiro atoms. The Balaban J connectivity index is 1.99. The third-order valence-electron chi connectivity index (χ3n) is 3.07. The van der Waals surface area contributed by atoms with Crippen molar-refractivity contribution in [2.45, 2.75) is 6.92 Å². The van der Waals surface area contributed by atoms with Gasteiger partial charge in [0.2, 0.25) is 0 Å². The summed E-state index contributed by atoms with van der Waals surface area (Å²) in [6.45, 7) is 2.10. The maximum atomic E-state index is 12.0. The SMILES string of the molecule is CCOc1cc(/C=N\NC(N)=O)ccc1OCC(=O)Nc1ccccc1. The minimum Gasteiger partial charge on any atom is -0.490 e. The number of hydrogen-bond acceptors (Lipinski definition) is 5. The first-order chi connectivity index (χ1) is 12.6. The Kier molecular flexibility index (Phi) is 6.99. The molecule has 2 aromatic rings. The summed E-state index contributed by atoms with van der Waals surface area (Å²) < 4.78 is 11.1. The topological polar surface area (TPSA) is 115 Å². The fourth-order valence-corrected chi connectivity index (χ4v) is 2.02. The summed E-state index contributed by atoms with van der Waals surface area (Å²) in [5.41, 5.74) is 8.41. The van der Waals surface area contributed by atoms with Gasteiger partial charge in [-0.1, -0.05) is 18.2 Å². The van der Waals surface area contributed by atoms with E-state index < -0.39 is 6.03 Å². The van der Waals surface area contributed by atoms with Gasteiger partial charge in [-0.25, -0.2) is 10.2 Å². The molecule has 0 saturated heterocycles. The van der Waals surface area contributed by atoms with E-state index in [0.717, 1.165) is 0 Å². The van der Waals surface area contributed by atoms with Gasteiger partial charge in [0, 0.05) is 5.69 Å². The number of nitrogens with zero attached hydrogens (tertiary/aromatic N) is 1. The zero-order valence-electron chi connectivity index (χ0n) is 14.3. The molecule has 2 rings (SSSR count). The maximum Gasteiger partial charge on any atom is 0.332 e. The number of benzene rings is 2. The summed E-state index contributed by atoms with van der Waals surface area (Å²) in [6, 6.07) is 13.4. The lowest BCUT2D eigenvalue weighted by Crippen LogP contribution is -2.24. The fraction of sp³-hybridized carbons (Fsp3) is 0.167. The van der Waals surface area contributed by atoms with Crippen LogP contribution in [0.4, 0.5) is 10.5 Å². The second-order valence-corrected chi connectivity index (χ2v) is 5.08. The zero-order valence-corrected chi connectivity index (χ0v) is 14.3. The molecule has 0 radical (unpaired) electrons. The Morgan fingerprint density at radius 2 is 1.88 bits per heavy atom. The van der Waals surface area contributed by atoms with Crippen LogP contribution in [-0.2, 0) is 4.79 Å². The second kappa shape index (κ2) is 9.67. The largest absolute Gasteiger partial charge is 0.490 e. The van der Waals surface area contributed by atoms with E-state index >= 15 is 0 Å². The highest BCUT2D eigenvalue weighted by Gasteiger charge is 2.09. The van der Waals surface area contributed by atoms with Crippen molar-refractivity contribution in [3.05, 3.63) is 54.1 Å². The summed E-state index contributed by atoms with van der Waals surface area (Å²) in [4.78, 5) is 22.6. The number of hydrazone groups is 1. The van der Waals surface area contributed by atoms with Gasteiger partial charge >= 0.3 is 6.03 Å². The zero-order chi connectivity index (χ0) is 18.8. The van der Waals surface area contributed by atoms with Crippen molar-refractivity contribution in [1.29, 1.82) is 0 Å². The van der Waals surface area contributed by atoms with Gasteiger partial charge in [0.25, 0.3) is 5.91 Å². The lowest BCUT2D eigenvalue weighted by atomic mass is 10.2. The van der Waals surface area contributed by atoms with Crippen molar-refractivity contribution in [2.75, 3.05) is 18.5 Å². The van der Waals surface area contributed by atoms with Crippen molar-refractivity contribution >= 4 is 23.8 Å². The number of para-hydroxylation sites is 1. The number of nitrogens with one attached hydrogen (secondary N) is 2. The lowest BCUT2D eigenvalue weighted by Gasteiger charge is -2.12. The molecule has 26 heavy (non-hydrogen) atoms. The highest BCUT2D eigenvalue weighted by atomic mass is 16.5. The first kappa shape index (κ1) is 18.8. The first-order valence-corrected chi connectivity index (χ1v) is 7.91. The van der Waals surface area contributed by atoms with E-state index in [2.05, 4.69) is 15.8 Å². The van der Waals surface area contributed by atoms with Crippen LogP contribution in [0.3, 0.4) is 0 Å². The Morgan fingerprint density at radius 3 is 2.58 bits per heavy atom. The average molecular weight is 356 g/mol. The first-order valence-electron chi connectivity index (χ1n) is 7.91. The molecule has 136 valence electrons. The van der Waals surface area contributed by atoms with Crippen molar-refractivity contribution in [3.8, 4) is 11.5 Å². The minimum atomic E-state index is -0.754. The molecule has 3 amide bonds. The van der Waals surface area contributed by atoms with Gasteiger partial charge in [0.15, 0.2) is 18.1 Å². The quantitative estimate of drug-likeness (QED) is 0.496. The molecule has 2 aromatic carbocycles. The van der Waals surface area contributed by atoms with E-state index in [1.807, 2.05) is 25.1 Å². The maximum absolute atomic E-state index is 12.0. The van der Waals surface area contributed by atoms with Crippen LogP contribution in [0.5, 0.6) is 11.5 Å². The molecule has 0 aliphatic heterocycles. The third kappa shape index (κ3) is 6.16. The number of primary amides is 1. The molecule has 8 nitrogen and oxygen atoms in total. The molecular weight excluding hydrogens is 336 g/mol. The molecule has 0 saturated carbocycles. The van der Waals surface area contributed by atoms with Crippen LogP contribution in [0.1, 0.15) is 12.5 Å². The van der Waals surface area contributed by atoms with Crippen molar-refractivity contribution in [2.24, 2.45) is 10.8 Å². The standard InChI is InChI=1S/C18H20N4O4/c1-2-25-16-10-13(11-20-22-18(19)24)8-9-15(16)26-12-17(23)21-14-6-4-3-5-7-14/h3-11H,2,12H2,1H3,(H,21,23)(H3,19,22,24)/b20-11-. The van der Waals surface area contributed by atoms with Gasteiger partial charge in [-0.05, 0) is 42.8 Å².